The molecule has 2 N–H and O–H groups in total. The molecule has 5 heteroatoms. The van der Waals surface area contributed by atoms with Crippen LogP contribution in [-0.2, 0) is 14.3 Å². The minimum atomic E-state index is -0.561. The van der Waals surface area contributed by atoms with Crippen molar-refractivity contribution in [2.24, 2.45) is 5.73 Å². The smallest absolute Gasteiger partial charge is 0.324 e. The normalized spacial score (nSPS) is 27.8. The lowest BCUT2D eigenvalue weighted by atomic mass is 9.94. The molecule has 17 heavy (non-hydrogen) atoms. The number of likely N-dealkylation sites (tertiary alicyclic amines) is 1. The fourth-order valence-corrected chi connectivity index (χ4v) is 2.23. The van der Waals surface area contributed by atoms with Gasteiger partial charge >= 0.3 is 5.97 Å². The molecular weight excluding hydrogens is 220 g/mol. The van der Waals surface area contributed by atoms with Crippen molar-refractivity contribution < 1.29 is 14.3 Å². The summed E-state index contributed by atoms with van der Waals surface area (Å²) < 4.78 is 10.4. The van der Waals surface area contributed by atoms with E-state index < -0.39 is 6.04 Å². The SMILES string of the molecule is CCOC(=O)C(N)CN1CCCC(C)(OC)C1. The summed E-state index contributed by atoms with van der Waals surface area (Å²) in [6.45, 7) is 6.57. The highest BCUT2D eigenvalue weighted by atomic mass is 16.5. The molecule has 1 aliphatic rings. The van der Waals surface area contributed by atoms with Crippen molar-refractivity contribution in [3.05, 3.63) is 0 Å². The van der Waals surface area contributed by atoms with Crippen LogP contribution in [0.4, 0.5) is 0 Å². The maximum atomic E-state index is 11.4. The molecule has 0 aromatic heterocycles. The fourth-order valence-electron chi connectivity index (χ4n) is 2.23. The molecule has 0 spiro atoms. The number of ether oxygens (including phenoxy) is 2. The van der Waals surface area contributed by atoms with Gasteiger partial charge in [0.2, 0.25) is 0 Å². The van der Waals surface area contributed by atoms with Crippen LogP contribution in [0.15, 0.2) is 0 Å². The number of esters is 1. The Kier molecular flexibility index (Phi) is 5.36. The van der Waals surface area contributed by atoms with Gasteiger partial charge in [-0.2, -0.15) is 0 Å². The minimum absolute atomic E-state index is 0.118. The largest absolute Gasteiger partial charge is 0.465 e. The lowest BCUT2D eigenvalue weighted by molar-refractivity contribution is -0.145. The standard InChI is InChI=1S/C12H24N2O3/c1-4-17-11(15)10(13)8-14-7-5-6-12(2,9-14)16-3/h10H,4-9,13H2,1-3H3. The number of nitrogens with two attached hydrogens (primary N) is 1. The van der Waals surface area contributed by atoms with Crippen LogP contribution in [-0.4, -0.2) is 55.9 Å². The summed E-state index contributed by atoms with van der Waals surface area (Å²) in [5, 5.41) is 0. The predicted molar refractivity (Wildman–Crippen MR) is 65.7 cm³/mol. The fraction of sp³-hybridized carbons (Fsp3) is 0.917. The summed E-state index contributed by atoms with van der Waals surface area (Å²) in [4.78, 5) is 13.6. The molecule has 2 unspecified atom stereocenters. The summed E-state index contributed by atoms with van der Waals surface area (Å²) in [5.41, 5.74) is 5.69. The number of hydrogen-bond acceptors (Lipinski definition) is 5. The molecule has 0 amide bonds. The molecule has 1 heterocycles. The third-order valence-corrected chi connectivity index (χ3v) is 3.28. The van der Waals surface area contributed by atoms with Crippen molar-refractivity contribution in [3.63, 3.8) is 0 Å². The van der Waals surface area contributed by atoms with Gasteiger partial charge in [0.25, 0.3) is 0 Å². The average molecular weight is 244 g/mol. The van der Waals surface area contributed by atoms with Gasteiger partial charge in [0.05, 0.1) is 12.2 Å². The Morgan fingerprint density at radius 2 is 2.29 bits per heavy atom. The third kappa shape index (κ3) is 4.26. The Bertz CT molecular complexity index is 260. The second-order valence-electron chi connectivity index (χ2n) is 4.85. The van der Waals surface area contributed by atoms with Crippen LogP contribution in [0.2, 0.25) is 0 Å². The number of rotatable bonds is 5. The van der Waals surface area contributed by atoms with Crippen LogP contribution in [0.1, 0.15) is 26.7 Å². The van der Waals surface area contributed by atoms with Gasteiger partial charge < -0.3 is 15.2 Å². The van der Waals surface area contributed by atoms with Crippen molar-refractivity contribution in [1.29, 1.82) is 0 Å². The first-order valence-corrected chi connectivity index (χ1v) is 6.20. The van der Waals surface area contributed by atoms with E-state index >= 15 is 0 Å². The highest BCUT2D eigenvalue weighted by Crippen LogP contribution is 2.23. The average Bonchev–Trinajstić information content (AvgIpc) is 2.29. The van der Waals surface area contributed by atoms with Crippen molar-refractivity contribution in [3.8, 4) is 0 Å². The lowest BCUT2D eigenvalue weighted by Gasteiger charge is -2.40. The van der Waals surface area contributed by atoms with E-state index in [0.717, 1.165) is 25.9 Å². The lowest BCUT2D eigenvalue weighted by Crippen LogP contribution is -2.52. The number of methoxy groups -OCH3 is 1. The summed E-state index contributed by atoms with van der Waals surface area (Å²) in [6.07, 6.45) is 2.12. The first-order chi connectivity index (χ1) is 8.00. The molecule has 1 fully saturated rings. The van der Waals surface area contributed by atoms with Gasteiger partial charge in [-0.15, -0.1) is 0 Å². The Morgan fingerprint density at radius 1 is 1.59 bits per heavy atom. The van der Waals surface area contributed by atoms with E-state index in [1.807, 2.05) is 0 Å². The van der Waals surface area contributed by atoms with E-state index in [1.54, 1.807) is 14.0 Å². The first-order valence-electron chi connectivity index (χ1n) is 6.20. The van der Waals surface area contributed by atoms with E-state index in [4.69, 9.17) is 15.2 Å². The molecule has 5 nitrogen and oxygen atoms in total. The molecule has 0 saturated carbocycles. The molecule has 2 atom stereocenters. The van der Waals surface area contributed by atoms with Crippen LogP contribution >= 0.6 is 0 Å². The van der Waals surface area contributed by atoms with Crippen LogP contribution < -0.4 is 5.73 Å². The van der Waals surface area contributed by atoms with Crippen LogP contribution in [0, 0.1) is 0 Å². The summed E-state index contributed by atoms with van der Waals surface area (Å²) in [5.74, 6) is -0.322. The second-order valence-corrected chi connectivity index (χ2v) is 4.85. The van der Waals surface area contributed by atoms with Gasteiger partial charge in [-0.1, -0.05) is 0 Å². The van der Waals surface area contributed by atoms with Gasteiger partial charge in [-0.25, -0.2) is 0 Å². The Labute approximate surface area is 103 Å². The topological polar surface area (TPSA) is 64.8 Å². The number of nitrogens with zero attached hydrogens (tertiary/aromatic N) is 1. The van der Waals surface area contributed by atoms with Crippen molar-refractivity contribution in [1.82, 2.24) is 4.90 Å². The Hall–Kier alpha value is -0.650. The maximum absolute atomic E-state index is 11.4. The molecule has 0 radical (unpaired) electrons. The Morgan fingerprint density at radius 3 is 2.88 bits per heavy atom. The van der Waals surface area contributed by atoms with Crippen molar-refractivity contribution in [2.75, 3.05) is 33.4 Å². The van der Waals surface area contributed by atoms with Crippen molar-refractivity contribution >= 4 is 5.97 Å². The minimum Gasteiger partial charge on any atom is -0.465 e. The van der Waals surface area contributed by atoms with Crippen LogP contribution in [0.25, 0.3) is 0 Å². The van der Waals surface area contributed by atoms with Gasteiger partial charge in [0.15, 0.2) is 0 Å². The van der Waals surface area contributed by atoms with E-state index in [0.29, 0.717) is 13.2 Å². The van der Waals surface area contributed by atoms with Gasteiger partial charge in [0.1, 0.15) is 6.04 Å². The summed E-state index contributed by atoms with van der Waals surface area (Å²) >= 11 is 0. The van der Waals surface area contributed by atoms with E-state index in [-0.39, 0.29) is 11.6 Å². The van der Waals surface area contributed by atoms with Gasteiger partial charge in [0, 0.05) is 20.2 Å². The van der Waals surface area contributed by atoms with Crippen molar-refractivity contribution in [2.45, 2.75) is 38.3 Å². The zero-order chi connectivity index (χ0) is 12.9. The number of carbonyl (C=O) groups excluding carboxylic acids is 1. The quantitative estimate of drug-likeness (QED) is 0.708. The number of carbonyl (C=O) groups is 1. The molecular formula is C12H24N2O3. The zero-order valence-electron chi connectivity index (χ0n) is 11.1. The monoisotopic (exact) mass is 244 g/mol. The number of piperidine rings is 1. The second kappa shape index (κ2) is 6.33. The summed E-state index contributed by atoms with van der Waals surface area (Å²) in [6, 6.07) is -0.561. The molecule has 0 bridgehead atoms. The van der Waals surface area contributed by atoms with E-state index in [1.165, 1.54) is 0 Å². The highest BCUT2D eigenvalue weighted by molar-refractivity contribution is 5.75. The molecule has 1 rings (SSSR count). The van der Waals surface area contributed by atoms with Gasteiger partial charge in [-0.05, 0) is 33.2 Å². The Balaban J connectivity index is 2.43. The van der Waals surface area contributed by atoms with Crippen LogP contribution in [0.5, 0.6) is 0 Å². The molecule has 100 valence electrons. The molecule has 1 aliphatic heterocycles. The third-order valence-electron chi connectivity index (χ3n) is 3.28. The number of hydrogen-bond donors (Lipinski definition) is 1. The molecule has 0 aromatic rings. The van der Waals surface area contributed by atoms with E-state index in [9.17, 15) is 4.79 Å². The molecule has 1 saturated heterocycles. The molecule has 0 aliphatic carbocycles. The highest BCUT2D eigenvalue weighted by Gasteiger charge is 2.32. The predicted octanol–water partition coefficient (Wildman–Crippen LogP) is 0.378. The maximum Gasteiger partial charge on any atom is 0.324 e. The van der Waals surface area contributed by atoms with Gasteiger partial charge in [-0.3, -0.25) is 9.69 Å². The zero-order valence-corrected chi connectivity index (χ0v) is 11.1. The molecule has 0 aromatic carbocycles. The first kappa shape index (κ1) is 14.4. The van der Waals surface area contributed by atoms with Crippen LogP contribution in [0.3, 0.4) is 0 Å². The van der Waals surface area contributed by atoms with E-state index in [2.05, 4.69) is 11.8 Å². The summed E-state index contributed by atoms with van der Waals surface area (Å²) in [7, 11) is 1.73.